The number of rotatable bonds is 4. The first-order valence-corrected chi connectivity index (χ1v) is 7.97. The fourth-order valence-electron chi connectivity index (χ4n) is 2.52. The second kappa shape index (κ2) is 6.68. The van der Waals surface area contributed by atoms with Crippen LogP contribution in [0.1, 0.15) is 0 Å². The molecule has 1 N–H and O–H groups in total. The van der Waals surface area contributed by atoms with Crippen molar-refractivity contribution in [2.45, 2.75) is 0 Å². The minimum Gasteiger partial charge on any atom is -0.508 e. The zero-order valence-electron chi connectivity index (χ0n) is 14.0. The second-order valence-corrected chi connectivity index (χ2v) is 5.63. The van der Waals surface area contributed by atoms with E-state index in [9.17, 15) is 5.11 Å². The second-order valence-electron chi connectivity index (χ2n) is 5.63. The Bertz CT molecular complexity index is 1010. The van der Waals surface area contributed by atoms with Crippen molar-refractivity contribution in [2.24, 2.45) is 0 Å². The average Bonchev–Trinajstić information content (AvgIpc) is 3.19. The molecule has 2 aromatic carbocycles. The Balaban J connectivity index is 1.58. The van der Waals surface area contributed by atoms with Gasteiger partial charge in [0.15, 0.2) is 0 Å². The highest BCUT2D eigenvalue weighted by molar-refractivity contribution is 5.64. The van der Waals surface area contributed by atoms with E-state index in [1.54, 1.807) is 25.4 Å². The normalized spacial score (nSPS) is 10.7. The van der Waals surface area contributed by atoms with Crippen LogP contribution in [-0.2, 0) is 0 Å². The van der Waals surface area contributed by atoms with Crippen LogP contribution in [0.5, 0.6) is 11.5 Å². The lowest BCUT2D eigenvalue weighted by atomic mass is 10.1. The first-order valence-electron chi connectivity index (χ1n) is 7.97. The molecule has 0 bridgehead atoms. The van der Waals surface area contributed by atoms with E-state index in [0.717, 1.165) is 28.1 Å². The summed E-state index contributed by atoms with van der Waals surface area (Å²) in [6, 6.07) is 18.1. The number of nitrogens with zero attached hydrogens (tertiary/aromatic N) is 3. The van der Waals surface area contributed by atoms with Crippen molar-refractivity contribution in [1.82, 2.24) is 15.1 Å². The first kappa shape index (κ1) is 15.8. The summed E-state index contributed by atoms with van der Waals surface area (Å²) < 4.78 is 10.5. The van der Waals surface area contributed by atoms with Crippen molar-refractivity contribution in [3.05, 3.63) is 66.9 Å². The summed E-state index contributed by atoms with van der Waals surface area (Å²) in [6.45, 7) is 0. The molecular formula is C20H15N3O3. The van der Waals surface area contributed by atoms with Gasteiger partial charge in [0.2, 0.25) is 5.82 Å². The molecule has 0 atom stereocenters. The summed E-state index contributed by atoms with van der Waals surface area (Å²) >= 11 is 0. The van der Waals surface area contributed by atoms with Gasteiger partial charge in [-0.05, 0) is 60.7 Å². The molecule has 0 aliphatic carbocycles. The highest BCUT2D eigenvalue weighted by atomic mass is 16.5. The summed E-state index contributed by atoms with van der Waals surface area (Å²) in [7, 11) is 1.62. The van der Waals surface area contributed by atoms with E-state index < -0.39 is 0 Å². The smallest absolute Gasteiger partial charge is 0.259 e. The van der Waals surface area contributed by atoms with Gasteiger partial charge in [-0.25, -0.2) is 0 Å². The Hall–Kier alpha value is -3.67. The number of hydrogen-bond acceptors (Lipinski definition) is 6. The molecule has 0 spiro atoms. The Kier molecular flexibility index (Phi) is 4.07. The zero-order valence-corrected chi connectivity index (χ0v) is 14.0. The van der Waals surface area contributed by atoms with Crippen LogP contribution in [0.3, 0.4) is 0 Å². The molecule has 0 fully saturated rings. The largest absolute Gasteiger partial charge is 0.508 e. The Morgan fingerprint density at radius 2 is 1.54 bits per heavy atom. The maximum Gasteiger partial charge on any atom is 0.259 e. The maximum absolute atomic E-state index is 9.37. The molecule has 0 saturated heterocycles. The molecule has 0 amide bonds. The van der Waals surface area contributed by atoms with Crippen LogP contribution in [0.2, 0.25) is 0 Å². The van der Waals surface area contributed by atoms with Gasteiger partial charge in [0.25, 0.3) is 5.89 Å². The van der Waals surface area contributed by atoms with E-state index in [1.807, 2.05) is 48.5 Å². The average molecular weight is 345 g/mol. The van der Waals surface area contributed by atoms with Crippen molar-refractivity contribution < 1.29 is 14.4 Å². The molecule has 0 unspecified atom stereocenters. The van der Waals surface area contributed by atoms with Crippen LogP contribution in [0.25, 0.3) is 34.1 Å². The molecule has 128 valence electrons. The molecule has 0 aliphatic heterocycles. The molecule has 0 radical (unpaired) electrons. The number of phenolic OH excluding ortho intramolecular Hbond substituents is 1. The molecule has 6 nitrogen and oxygen atoms in total. The quantitative estimate of drug-likeness (QED) is 0.597. The van der Waals surface area contributed by atoms with Gasteiger partial charge in [-0.15, -0.1) is 0 Å². The van der Waals surface area contributed by atoms with E-state index in [1.165, 1.54) is 0 Å². The number of ether oxygens (including phenoxy) is 1. The summed E-state index contributed by atoms with van der Waals surface area (Å²) in [5.74, 6) is 1.90. The molecular weight excluding hydrogens is 330 g/mol. The van der Waals surface area contributed by atoms with Gasteiger partial charge in [-0.3, -0.25) is 4.98 Å². The number of hydrogen-bond donors (Lipinski definition) is 1. The van der Waals surface area contributed by atoms with E-state index >= 15 is 0 Å². The predicted octanol–water partition coefficient (Wildman–Crippen LogP) is 4.18. The fraction of sp³-hybridized carbons (Fsp3) is 0.0500. The van der Waals surface area contributed by atoms with Gasteiger partial charge in [0.05, 0.1) is 18.4 Å². The maximum atomic E-state index is 9.37. The van der Waals surface area contributed by atoms with Crippen molar-refractivity contribution in [2.75, 3.05) is 7.11 Å². The first-order chi connectivity index (χ1) is 12.7. The number of benzene rings is 2. The predicted molar refractivity (Wildman–Crippen MR) is 96.6 cm³/mol. The van der Waals surface area contributed by atoms with E-state index in [0.29, 0.717) is 11.7 Å². The summed E-state index contributed by atoms with van der Waals surface area (Å²) in [4.78, 5) is 8.86. The van der Waals surface area contributed by atoms with Gasteiger partial charge in [-0.2, -0.15) is 4.98 Å². The number of phenols is 1. The number of aromatic hydroxyl groups is 1. The van der Waals surface area contributed by atoms with Crippen LogP contribution in [0, 0.1) is 0 Å². The zero-order chi connectivity index (χ0) is 17.9. The lowest BCUT2D eigenvalue weighted by molar-refractivity contribution is 0.415. The van der Waals surface area contributed by atoms with Gasteiger partial charge < -0.3 is 14.4 Å². The van der Waals surface area contributed by atoms with Crippen molar-refractivity contribution in [3.63, 3.8) is 0 Å². The van der Waals surface area contributed by atoms with Crippen molar-refractivity contribution in [1.29, 1.82) is 0 Å². The molecule has 2 heterocycles. The molecule has 4 rings (SSSR count). The Labute approximate surface area is 149 Å². The van der Waals surface area contributed by atoms with E-state index in [-0.39, 0.29) is 5.75 Å². The van der Waals surface area contributed by atoms with Gasteiger partial charge in [-0.1, -0.05) is 5.16 Å². The van der Waals surface area contributed by atoms with Crippen molar-refractivity contribution >= 4 is 0 Å². The van der Waals surface area contributed by atoms with Crippen molar-refractivity contribution in [3.8, 4) is 45.6 Å². The van der Waals surface area contributed by atoms with Crippen LogP contribution in [0.4, 0.5) is 0 Å². The standard InChI is InChI=1S/C20H15N3O3/c1-25-17-9-4-14(5-10-17)19-22-20(26-23-19)15-6-11-18(21-12-15)13-2-7-16(24)8-3-13/h2-12,24H,1H3. The minimum absolute atomic E-state index is 0.224. The number of aromatic nitrogens is 3. The molecule has 0 aliphatic rings. The summed E-state index contributed by atoms with van der Waals surface area (Å²) in [5.41, 5.74) is 3.29. The van der Waals surface area contributed by atoms with E-state index in [2.05, 4.69) is 15.1 Å². The molecule has 6 heteroatoms. The molecule has 2 aromatic heterocycles. The van der Waals surface area contributed by atoms with Crippen LogP contribution in [0.15, 0.2) is 71.4 Å². The highest BCUT2D eigenvalue weighted by Crippen LogP contribution is 2.25. The third kappa shape index (κ3) is 3.12. The van der Waals surface area contributed by atoms with Crippen LogP contribution < -0.4 is 4.74 Å². The number of pyridine rings is 1. The Morgan fingerprint density at radius 1 is 0.846 bits per heavy atom. The summed E-state index contributed by atoms with van der Waals surface area (Å²) in [5, 5.41) is 13.4. The highest BCUT2D eigenvalue weighted by Gasteiger charge is 2.11. The van der Waals surface area contributed by atoms with Crippen LogP contribution in [-0.4, -0.2) is 27.3 Å². The lowest BCUT2D eigenvalue weighted by Crippen LogP contribution is -1.86. The SMILES string of the molecule is COc1ccc(-c2noc(-c3ccc(-c4ccc(O)cc4)nc3)n2)cc1. The van der Waals surface area contributed by atoms with Gasteiger partial charge in [0, 0.05) is 17.3 Å². The van der Waals surface area contributed by atoms with Gasteiger partial charge in [0.1, 0.15) is 11.5 Å². The lowest BCUT2D eigenvalue weighted by Gasteiger charge is -2.01. The Morgan fingerprint density at radius 3 is 2.19 bits per heavy atom. The fourth-order valence-corrected chi connectivity index (χ4v) is 2.52. The third-order valence-electron chi connectivity index (χ3n) is 3.95. The molecule has 4 aromatic rings. The minimum atomic E-state index is 0.224. The van der Waals surface area contributed by atoms with Crippen LogP contribution >= 0.6 is 0 Å². The third-order valence-corrected chi connectivity index (χ3v) is 3.95. The number of methoxy groups -OCH3 is 1. The molecule has 26 heavy (non-hydrogen) atoms. The molecule has 0 saturated carbocycles. The van der Waals surface area contributed by atoms with E-state index in [4.69, 9.17) is 9.26 Å². The monoisotopic (exact) mass is 345 g/mol. The summed E-state index contributed by atoms with van der Waals surface area (Å²) in [6.07, 6.45) is 1.69. The topological polar surface area (TPSA) is 81.3 Å². The van der Waals surface area contributed by atoms with Gasteiger partial charge >= 0.3 is 0 Å².